The van der Waals surface area contributed by atoms with Crippen LogP contribution in [0.2, 0.25) is 0 Å². The molecule has 1 aromatic rings. The van der Waals surface area contributed by atoms with Gasteiger partial charge in [-0.15, -0.1) is 0 Å². The van der Waals surface area contributed by atoms with Crippen molar-refractivity contribution in [2.45, 2.75) is 13.0 Å². The SMILES string of the molecule is C[C@@H](CO)NC(=O)c1cccc(N)c1O. The Morgan fingerprint density at radius 3 is 2.87 bits per heavy atom. The largest absolute Gasteiger partial charge is 0.505 e. The molecule has 0 fully saturated rings. The first-order chi connectivity index (χ1) is 7.06. The summed E-state index contributed by atoms with van der Waals surface area (Å²) in [6, 6.07) is 4.18. The topological polar surface area (TPSA) is 95.6 Å². The number of carbonyl (C=O) groups is 1. The van der Waals surface area contributed by atoms with Crippen LogP contribution in [0.1, 0.15) is 17.3 Å². The van der Waals surface area contributed by atoms with Gasteiger partial charge < -0.3 is 21.3 Å². The fraction of sp³-hybridized carbons (Fsp3) is 0.300. The van der Waals surface area contributed by atoms with Crippen LogP contribution in [0.3, 0.4) is 0 Å². The molecule has 0 saturated heterocycles. The van der Waals surface area contributed by atoms with Crippen molar-refractivity contribution in [1.29, 1.82) is 0 Å². The quantitative estimate of drug-likeness (QED) is 0.420. The maximum absolute atomic E-state index is 11.5. The van der Waals surface area contributed by atoms with E-state index in [0.717, 1.165) is 0 Å². The highest BCUT2D eigenvalue weighted by Crippen LogP contribution is 2.24. The van der Waals surface area contributed by atoms with E-state index in [9.17, 15) is 9.90 Å². The zero-order chi connectivity index (χ0) is 11.4. The van der Waals surface area contributed by atoms with Crippen molar-refractivity contribution in [1.82, 2.24) is 5.32 Å². The van der Waals surface area contributed by atoms with Crippen LogP contribution in [0.4, 0.5) is 5.69 Å². The first-order valence-corrected chi connectivity index (χ1v) is 4.55. The molecule has 0 radical (unpaired) electrons. The Morgan fingerprint density at radius 2 is 2.27 bits per heavy atom. The highest BCUT2D eigenvalue weighted by atomic mass is 16.3. The van der Waals surface area contributed by atoms with E-state index in [4.69, 9.17) is 10.8 Å². The van der Waals surface area contributed by atoms with Crippen LogP contribution in [0.5, 0.6) is 5.75 Å². The summed E-state index contributed by atoms with van der Waals surface area (Å²) in [5, 5.41) is 20.8. The summed E-state index contributed by atoms with van der Waals surface area (Å²) in [6.07, 6.45) is 0. The highest BCUT2D eigenvalue weighted by molar-refractivity contribution is 5.98. The van der Waals surface area contributed by atoms with E-state index in [0.29, 0.717) is 0 Å². The standard InChI is InChI=1S/C10H14N2O3/c1-6(5-13)12-10(15)7-3-2-4-8(11)9(7)14/h2-4,6,13-14H,5,11H2,1H3,(H,12,15)/t6-/m0/s1. The van der Waals surface area contributed by atoms with Crippen LogP contribution in [-0.2, 0) is 0 Å². The number of amides is 1. The number of aromatic hydroxyl groups is 1. The maximum atomic E-state index is 11.5. The van der Waals surface area contributed by atoms with Crippen LogP contribution in [0.25, 0.3) is 0 Å². The molecule has 1 rings (SSSR count). The van der Waals surface area contributed by atoms with Crippen LogP contribution in [-0.4, -0.2) is 28.8 Å². The second kappa shape index (κ2) is 4.65. The Bertz CT molecular complexity index is 366. The molecule has 0 heterocycles. The molecule has 0 spiro atoms. The Kier molecular flexibility index (Phi) is 3.51. The number of phenols is 1. The number of nitrogens with one attached hydrogen (secondary N) is 1. The second-order valence-corrected chi connectivity index (χ2v) is 3.30. The van der Waals surface area contributed by atoms with Crippen LogP contribution in [0, 0.1) is 0 Å². The third-order valence-corrected chi connectivity index (χ3v) is 1.96. The lowest BCUT2D eigenvalue weighted by Crippen LogP contribution is -2.35. The molecule has 0 aromatic heterocycles. The van der Waals surface area contributed by atoms with Crippen LogP contribution in [0.15, 0.2) is 18.2 Å². The first kappa shape index (κ1) is 11.3. The molecule has 0 unspecified atom stereocenters. The smallest absolute Gasteiger partial charge is 0.255 e. The average molecular weight is 210 g/mol. The number of rotatable bonds is 3. The summed E-state index contributed by atoms with van der Waals surface area (Å²) in [5.74, 6) is -0.693. The molecule has 5 nitrogen and oxygen atoms in total. The van der Waals surface area contributed by atoms with E-state index in [1.54, 1.807) is 13.0 Å². The van der Waals surface area contributed by atoms with Crippen molar-refractivity contribution in [3.05, 3.63) is 23.8 Å². The Morgan fingerprint density at radius 1 is 1.60 bits per heavy atom. The normalized spacial score (nSPS) is 12.1. The number of phenolic OH excluding ortho intramolecular Hbond substituents is 1. The molecule has 0 saturated carbocycles. The predicted octanol–water partition coefficient (Wildman–Crippen LogP) is 0.0850. The Labute approximate surface area is 87.5 Å². The monoisotopic (exact) mass is 210 g/mol. The van der Waals surface area contributed by atoms with Gasteiger partial charge in [0.25, 0.3) is 5.91 Å². The summed E-state index contributed by atoms with van der Waals surface area (Å²) in [5.41, 5.74) is 5.70. The van der Waals surface area contributed by atoms with Crippen molar-refractivity contribution in [2.24, 2.45) is 0 Å². The van der Waals surface area contributed by atoms with Crippen molar-refractivity contribution < 1.29 is 15.0 Å². The molecular formula is C10H14N2O3. The zero-order valence-electron chi connectivity index (χ0n) is 8.40. The van der Waals surface area contributed by atoms with E-state index in [2.05, 4.69) is 5.32 Å². The molecule has 0 aliphatic rings. The number of para-hydroxylation sites is 1. The van der Waals surface area contributed by atoms with Gasteiger partial charge in [-0.3, -0.25) is 4.79 Å². The molecule has 5 N–H and O–H groups in total. The van der Waals surface area contributed by atoms with Gasteiger partial charge in [-0.05, 0) is 19.1 Å². The molecule has 1 aromatic carbocycles. The minimum atomic E-state index is -0.457. The molecule has 0 aliphatic carbocycles. The third-order valence-electron chi connectivity index (χ3n) is 1.96. The molecule has 0 aliphatic heterocycles. The van der Waals surface area contributed by atoms with Gasteiger partial charge in [0.1, 0.15) is 0 Å². The summed E-state index contributed by atoms with van der Waals surface area (Å²) >= 11 is 0. The van der Waals surface area contributed by atoms with E-state index < -0.39 is 5.91 Å². The van der Waals surface area contributed by atoms with Gasteiger partial charge in [0.2, 0.25) is 0 Å². The number of carbonyl (C=O) groups excluding carboxylic acids is 1. The van der Waals surface area contributed by atoms with Gasteiger partial charge >= 0.3 is 0 Å². The van der Waals surface area contributed by atoms with Gasteiger partial charge in [-0.2, -0.15) is 0 Å². The molecule has 0 bridgehead atoms. The van der Waals surface area contributed by atoms with Gasteiger partial charge in [0.05, 0.1) is 17.9 Å². The van der Waals surface area contributed by atoms with E-state index in [1.165, 1.54) is 12.1 Å². The van der Waals surface area contributed by atoms with Crippen molar-refractivity contribution in [3.8, 4) is 5.75 Å². The van der Waals surface area contributed by atoms with Crippen LogP contribution >= 0.6 is 0 Å². The fourth-order valence-corrected chi connectivity index (χ4v) is 1.09. The molecule has 1 atom stereocenters. The van der Waals surface area contributed by atoms with Crippen LogP contribution < -0.4 is 11.1 Å². The second-order valence-electron chi connectivity index (χ2n) is 3.30. The lowest BCUT2D eigenvalue weighted by atomic mass is 10.1. The molecular weight excluding hydrogens is 196 g/mol. The Hall–Kier alpha value is -1.75. The number of benzene rings is 1. The number of nitrogen functional groups attached to an aromatic ring is 1. The summed E-state index contributed by atoms with van der Waals surface area (Å²) in [6.45, 7) is 1.50. The van der Waals surface area contributed by atoms with Crippen molar-refractivity contribution >= 4 is 11.6 Å². The lowest BCUT2D eigenvalue weighted by Gasteiger charge is -2.12. The zero-order valence-corrected chi connectivity index (χ0v) is 8.40. The third kappa shape index (κ3) is 2.60. The van der Waals surface area contributed by atoms with E-state index in [1.807, 2.05) is 0 Å². The van der Waals surface area contributed by atoms with Crippen molar-refractivity contribution in [3.63, 3.8) is 0 Å². The van der Waals surface area contributed by atoms with Gasteiger partial charge in [-0.1, -0.05) is 6.07 Å². The molecule has 5 heteroatoms. The molecule has 1 amide bonds. The minimum absolute atomic E-state index is 0.107. The summed E-state index contributed by atoms with van der Waals surface area (Å²) in [4.78, 5) is 11.5. The first-order valence-electron chi connectivity index (χ1n) is 4.55. The van der Waals surface area contributed by atoms with E-state index >= 15 is 0 Å². The van der Waals surface area contributed by atoms with Gasteiger partial charge in [0.15, 0.2) is 5.75 Å². The number of nitrogens with two attached hydrogens (primary N) is 1. The molecule has 82 valence electrons. The number of aliphatic hydroxyl groups is 1. The maximum Gasteiger partial charge on any atom is 0.255 e. The van der Waals surface area contributed by atoms with E-state index in [-0.39, 0.29) is 29.6 Å². The van der Waals surface area contributed by atoms with Gasteiger partial charge in [-0.25, -0.2) is 0 Å². The fourth-order valence-electron chi connectivity index (χ4n) is 1.09. The number of anilines is 1. The molecule has 15 heavy (non-hydrogen) atoms. The lowest BCUT2D eigenvalue weighted by molar-refractivity contribution is 0.0919. The highest BCUT2D eigenvalue weighted by Gasteiger charge is 2.14. The number of aliphatic hydroxyl groups excluding tert-OH is 1. The average Bonchev–Trinajstić information content (AvgIpc) is 2.21. The minimum Gasteiger partial charge on any atom is -0.505 e. The Balaban J connectivity index is 2.87. The van der Waals surface area contributed by atoms with Crippen molar-refractivity contribution in [2.75, 3.05) is 12.3 Å². The van der Waals surface area contributed by atoms with Gasteiger partial charge in [0, 0.05) is 6.04 Å². The summed E-state index contributed by atoms with van der Waals surface area (Å²) in [7, 11) is 0. The summed E-state index contributed by atoms with van der Waals surface area (Å²) < 4.78 is 0. The predicted molar refractivity (Wildman–Crippen MR) is 56.5 cm³/mol. The number of hydrogen-bond acceptors (Lipinski definition) is 4. The number of hydrogen-bond donors (Lipinski definition) is 4.